The van der Waals surface area contributed by atoms with Crippen LogP contribution >= 0.6 is 0 Å². The molecule has 0 aliphatic carbocycles. The minimum absolute atomic E-state index is 0.158. The van der Waals surface area contributed by atoms with Crippen molar-refractivity contribution in [1.82, 2.24) is 0 Å². The molecule has 0 aromatic carbocycles. The van der Waals surface area contributed by atoms with Crippen molar-refractivity contribution in [2.24, 2.45) is 0 Å². The molecule has 0 heterocycles. The molecule has 0 amide bonds. The molecule has 0 rings (SSSR count). The molecule has 0 fully saturated rings. The first-order valence-corrected chi connectivity index (χ1v) is 7.15. The Kier molecular flexibility index (Phi) is 5.18. The van der Waals surface area contributed by atoms with E-state index in [2.05, 4.69) is 34.6 Å². The molecule has 0 bridgehead atoms. The second-order valence-corrected chi connectivity index (χ2v) is 8.82. The van der Waals surface area contributed by atoms with E-state index in [1.807, 2.05) is 0 Å². The predicted octanol–water partition coefficient (Wildman–Crippen LogP) is 3.32. The van der Waals surface area contributed by atoms with E-state index in [1.54, 1.807) is 7.11 Å². The summed E-state index contributed by atoms with van der Waals surface area (Å²) in [6.07, 6.45) is 1.06. The third-order valence-corrected chi connectivity index (χ3v) is 7.02. The molecular formula is C10H24O2Si. The zero-order chi connectivity index (χ0) is 10.5. The predicted molar refractivity (Wildman–Crippen MR) is 59.2 cm³/mol. The van der Waals surface area contributed by atoms with E-state index in [1.165, 1.54) is 0 Å². The molecule has 13 heavy (non-hydrogen) atoms. The summed E-state index contributed by atoms with van der Waals surface area (Å²) in [6, 6.07) is 1.02. The highest BCUT2D eigenvalue weighted by Gasteiger charge is 2.46. The van der Waals surface area contributed by atoms with E-state index in [-0.39, 0.29) is 5.04 Å². The fourth-order valence-electron chi connectivity index (χ4n) is 1.63. The minimum Gasteiger partial charge on any atom is -0.397 e. The second-order valence-electron chi connectivity index (χ2n) is 4.41. The van der Waals surface area contributed by atoms with Crippen LogP contribution in [0.1, 0.15) is 41.0 Å². The average Bonchev–Trinajstić information content (AvgIpc) is 2.05. The van der Waals surface area contributed by atoms with Crippen LogP contribution in [0.15, 0.2) is 0 Å². The summed E-state index contributed by atoms with van der Waals surface area (Å²) in [6.45, 7) is 11.8. The second kappa shape index (κ2) is 5.13. The summed E-state index contributed by atoms with van der Waals surface area (Å²) in [7, 11) is -0.178. The van der Waals surface area contributed by atoms with Gasteiger partial charge >= 0.3 is 8.56 Å². The summed E-state index contributed by atoms with van der Waals surface area (Å²) < 4.78 is 11.6. The highest BCUT2D eigenvalue weighted by Crippen LogP contribution is 2.39. The molecule has 1 unspecified atom stereocenters. The lowest BCUT2D eigenvalue weighted by Gasteiger charge is -2.39. The average molecular weight is 204 g/mol. The summed E-state index contributed by atoms with van der Waals surface area (Å²) in [4.78, 5) is 0. The van der Waals surface area contributed by atoms with Gasteiger partial charge in [-0.15, -0.1) is 0 Å². The third-order valence-electron chi connectivity index (χ3n) is 2.48. The first-order valence-electron chi connectivity index (χ1n) is 5.12. The van der Waals surface area contributed by atoms with Gasteiger partial charge in [-0.05, 0) is 12.5 Å². The van der Waals surface area contributed by atoms with Gasteiger partial charge in [-0.2, -0.15) is 0 Å². The van der Waals surface area contributed by atoms with E-state index >= 15 is 0 Å². The van der Waals surface area contributed by atoms with Gasteiger partial charge in [0, 0.05) is 18.8 Å². The topological polar surface area (TPSA) is 18.5 Å². The lowest BCUT2D eigenvalue weighted by atomic mass is 10.2. The molecule has 0 aromatic heterocycles. The Morgan fingerprint density at radius 2 is 1.69 bits per heavy atom. The Morgan fingerprint density at radius 3 is 1.92 bits per heavy atom. The van der Waals surface area contributed by atoms with Crippen molar-refractivity contribution in [2.45, 2.75) is 52.1 Å². The largest absolute Gasteiger partial charge is 0.397 e. The van der Waals surface area contributed by atoms with Crippen molar-refractivity contribution in [2.75, 3.05) is 13.7 Å². The first-order chi connectivity index (χ1) is 5.93. The van der Waals surface area contributed by atoms with E-state index in [0.29, 0.717) is 0 Å². The van der Waals surface area contributed by atoms with Crippen LogP contribution in [-0.4, -0.2) is 22.3 Å². The van der Waals surface area contributed by atoms with E-state index in [4.69, 9.17) is 8.85 Å². The molecule has 0 spiro atoms. The lowest BCUT2D eigenvalue weighted by Crippen LogP contribution is -2.49. The van der Waals surface area contributed by atoms with Crippen LogP contribution in [0.3, 0.4) is 0 Å². The molecule has 0 aliphatic heterocycles. The number of hydrogen-bond donors (Lipinski definition) is 0. The molecule has 0 N–H and O–H groups in total. The van der Waals surface area contributed by atoms with Crippen LogP contribution in [0.5, 0.6) is 0 Å². The zero-order valence-corrected chi connectivity index (χ0v) is 10.9. The summed E-state index contributed by atoms with van der Waals surface area (Å²) in [5.41, 5.74) is 0. The molecule has 0 aliphatic rings. The fourth-order valence-corrected chi connectivity index (χ4v) is 4.88. The minimum atomic E-state index is -1.97. The Morgan fingerprint density at radius 1 is 1.15 bits per heavy atom. The standard InChI is InChI=1S/C10H24O2Si/c1-7-9-12-13(8-2,11-6)10(3,4)5/h7-9H2,1-6H3. The molecule has 3 heteroatoms. The van der Waals surface area contributed by atoms with Crippen molar-refractivity contribution in [3.8, 4) is 0 Å². The van der Waals surface area contributed by atoms with Gasteiger partial charge < -0.3 is 8.85 Å². The van der Waals surface area contributed by atoms with Gasteiger partial charge in [0.2, 0.25) is 0 Å². The monoisotopic (exact) mass is 204 g/mol. The van der Waals surface area contributed by atoms with Gasteiger partial charge in [-0.25, -0.2) is 0 Å². The molecule has 0 saturated carbocycles. The normalized spacial score (nSPS) is 17.1. The molecule has 1 atom stereocenters. The maximum absolute atomic E-state index is 5.96. The number of rotatable bonds is 5. The van der Waals surface area contributed by atoms with Crippen LogP contribution in [0.4, 0.5) is 0 Å². The smallest absolute Gasteiger partial charge is 0.343 e. The van der Waals surface area contributed by atoms with Gasteiger partial charge in [-0.1, -0.05) is 34.6 Å². The van der Waals surface area contributed by atoms with Gasteiger partial charge in [0.1, 0.15) is 0 Å². The lowest BCUT2D eigenvalue weighted by molar-refractivity contribution is 0.176. The highest BCUT2D eigenvalue weighted by atomic mass is 28.4. The Hall–Kier alpha value is 0.137. The van der Waals surface area contributed by atoms with Crippen molar-refractivity contribution >= 4 is 8.56 Å². The van der Waals surface area contributed by atoms with Crippen LogP contribution in [0.25, 0.3) is 0 Å². The van der Waals surface area contributed by atoms with Crippen molar-refractivity contribution in [1.29, 1.82) is 0 Å². The first kappa shape index (κ1) is 13.1. The SMILES string of the molecule is CCCO[Si](CC)(OC)C(C)(C)C. The molecular weight excluding hydrogens is 180 g/mol. The quantitative estimate of drug-likeness (QED) is 0.640. The van der Waals surface area contributed by atoms with Crippen LogP contribution in [0.2, 0.25) is 11.1 Å². The van der Waals surface area contributed by atoms with E-state index < -0.39 is 8.56 Å². The Bertz CT molecular complexity index is 136. The van der Waals surface area contributed by atoms with Gasteiger partial charge in [0.25, 0.3) is 0 Å². The Balaban J connectivity index is 4.50. The zero-order valence-electron chi connectivity index (χ0n) is 9.94. The molecule has 80 valence electrons. The van der Waals surface area contributed by atoms with Crippen molar-refractivity contribution < 1.29 is 8.85 Å². The van der Waals surface area contributed by atoms with Crippen molar-refractivity contribution in [3.05, 3.63) is 0 Å². The summed E-state index contributed by atoms with van der Waals surface area (Å²) in [5.74, 6) is 0. The number of hydrogen-bond acceptors (Lipinski definition) is 2. The summed E-state index contributed by atoms with van der Waals surface area (Å²) in [5, 5.41) is 0.158. The van der Waals surface area contributed by atoms with E-state index in [9.17, 15) is 0 Å². The summed E-state index contributed by atoms with van der Waals surface area (Å²) >= 11 is 0. The molecule has 0 saturated heterocycles. The van der Waals surface area contributed by atoms with Gasteiger partial charge in [0.15, 0.2) is 0 Å². The highest BCUT2D eigenvalue weighted by molar-refractivity contribution is 6.70. The van der Waals surface area contributed by atoms with E-state index in [0.717, 1.165) is 19.1 Å². The van der Waals surface area contributed by atoms with Gasteiger partial charge in [0.05, 0.1) is 0 Å². The van der Waals surface area contributed by atoms with Gasteiger partial charge in [-0.3, -0.25) is 0 Å². The van der Waals surface area contributed by atoms with Crippen LogP contribution < -0.4 is 0 Å². The van der Waals surface area contributed by atoms with Crippen molar-refractivity contribution in [3.63, 3.8) is 0 Å². The van der Waals surface area contributed by atoms with Crippen LogP contribution in [0, 0.1) is 0 Å². The molecule has 0 radical (unpaired) electrons. The maximum Gasteiger partial charge on any atom is 0.343 e. The maximum atomic E-state index is 5.96. The third kappa shape index (κ3) is 3.08. The molecule has 0 aromatic rings. The van der Waals surface area contributed by atoms with Crippen LogP contribution in [-0.2, 0) is 8.85 Å². The molecule has 2 nitrogen and oxygen atoms in total. The fraction of sp³-hybridized carbons (Fsp3) is 1.00. The Labute approximate surface area is 83.9 Å².